The molecule has 0 saturated carbocycles. The van der Waals surface area contributed by atoms with E-state index in [-0.39, 0.29) is 16.7 Å². The number of fused-ring (bicyclic) bond motifs is 1. The first kappa shape index (κ1) is 16.7. The Bertz CT molecular complexity index is 767. The summed E-state index contributed by atoms with van der Waals surface area (Å²) < 4.78 is 38.2. The van der Waals surface area contributed by atoms with Gasteiger partial charge in [-0.2, -0.15) is 4.31 Å². The number of carbonyl (C=O) groups excluding carboxylic acids is 1. The van der Waals surface area contributed by atoms with Crippen LogP contribution >= 0.6 is 0 Å². The number of piperidine rings is 1. The highest BCUT2D eigenvalue weighted by molar-refractivity contribution is 7.89. The molecule has 0 radical (unpaired) electrons. The van der Waals surface area contributed by atoms with Gasteiger partial charge in [-0.1, -0.05) is 0 Å². The van der Waals surface area contributed by atoms with Crippen molar-refractivity contribution in [3.8, 4) is 11.5 Å². The van der Waals surface area contributed by atoms with Crippen LogP contribution in [0.1, 0.15) is 19.3 Å². The van der Waals surface area contributed by atoms with Crippen LogP contribution in [0.3, 0.4) is 0 Å². The summed E-state index contributed by atoms with van der Waals surface area (Å²) in [6.45, 7) is 3.32. The quantitative estimate of drug-likeness (QED) is 0.800. The smallest absolute Gasteiger partial charge is 0.243 e. The van der Waals surface area contributed by atoms with Gasteiger partial charge < -0.3 is 14.4 Å². The van der Waals surface area contributed by atoms with Crippen LogP contribution in [0, 0.1) is 5.92 Å². The highest BCUT2D eigenvalue weighted by atomic mass is 32.2. The summed E-state index contributed by atoms with van der Waals surface area (Å²) >= 11 is 0. The van der Waals surface area contributed by atoms with Crippen molar-refractivity contribution in [3.05, 3.63) is 18.2 Å². The van der Waals surface area contributed by atoms with Crippen LogP contribution in [-0.4, -0.2) is 62.9 Å². The fraction of sp³-hybridized carbons (Fsp3) is 0.588. The van der Waals surface area contributed by atoms with Crippen molar-refractivity contribution in [3.63, 3.8) is 0 Å². The van der Waals surface area contributed by atoms with Crippen molar-refractivity contribution in [2.45, 2.75) is 24.2 Å². The van der Waals surface area contributed by atoms with Gasteiger partial charge in [0.05, 0.1) is 4.90 Å². The van der Waals surface area contributed by atoms with E-state index in [0.717, 1.165) is 19.5 Å². The van der Waals surface area contributed by atoms with E-state index in [4.69, 9.17) is 9.47 Å². The number of amides is 1. The molecule has 0 aromatic heterocycles. The average molecular weight is 366 g/mol. The van der Waals surface area contributed by atoms with Crippen molar-refractivity contribution in [2.24, 2.45) is 5.92 Å². The molecule has 136 valence electrons. The minimum atomic E-state index is -3.58. The lowest BCUT2D eigenvalue weighted by Gasteiger charge is -2.37. The Hall–Kier alpha value is -1.80. The Kier molecular flexibility index (Phi) is 4.33. The third-order valence-corrected chi connectivity index (χ3v) is 7.02. The Balaban J connectivity index is 1.45. The van der Waals surface area contributed by atoms with Crippen LogP contribution in [0.15, 0.2) is 23.1 Å². The molecule has 3 aliphatic heterocycles. The number of rotatable bonds is 3. The molecule has 2 saturated heterocycles. The standard InChI is InChI=1S/C17H22N2O5S/c20-17(18-6-1-7-18)13-4-8-19(9-5-13)25(21,22)14-2-3-15-16(12-14)24-11-10-23-15/h2-3,12-13H,1,4-11H2. The van der Waals surface area contributed by atoms with Crippen LogP contribution in [0.4, 0.5) is 0 Å². The van der Waals surface area contributed by atoms with E-state index in [1.807, 2.05) is 4.90 Å². The molecule has 1 aromatic carbocycles. The van der Waals surface area contributed by atoms with E-state index in [0.29, 0.717) is 50.6 Å². The number of likely N-dealkylation sites (tertiary alicyclic amines) is 1. The Morgan fingerprint density at radius 3 is 2.32 bits per heavy atom. The van der Waals surface area contributed by atoms with E-state index in [1.165, 1.54) is 10.4 Å². The summed E-state index contributed by atoms with van der Waals surface area (Å²) in [6.07, 6.45) is 2.24. The maximum Gasteiger partial charge on any atom is 0.243 e. The maximum absolute atomic E-state index is 12.9. The van der Waals surface area contributed by atoms with Gasteiger partial charge in [-0.15, -0.1) is 0 Å². The predicted octanol–water partition coefficient (Wildman–Crippen LogP) is 1.09. The summed E-state index contributed by atoms with van der Waals surface area (Å²) in [5, 5.41) is 0. The fourth-order valence-corrected chi connectivity index (χ4v) is 4.96. The first-order chi connectivity index (χ1) is 12.1. The summed E-state index contributed by atoms with van der Waals surface area (Å²) in [6, 6.07) is 4.73. The highest BCUT2D eigenvalue weighted by Gasteiger charge is 2.35. The second-order valence-corrected chi connectivity index (χ2v) is 8.60. The number of nitrogens with zero attached hydrogens (tertiary/aromatic N) is 2. The number of benzene rings is 1. The molecule has 0 atom stereocenters. The third kappa shape index (κ3) is 3.08. The van der Waals surface area contributed by atoms with Gasteiger partial charge >= 0.3 is 0 Å². The zero-order valence-electron chi connectivity index (χ0n) is 14.0. The summed E-state index contributed by atoms with van der Waals surface area (Å²) in [5.41, 5.74) is 0. The number of sulfonamides is 1. The minimum Gasteiger partial charge on any atom is -0.486 e. The van der Waals surface area contributed by atoms with Crippen LogP contribution in [0.25, 0.3) is 0 Å². The molecule has 0 aliphatic carbocycles. The zero-order chi connectivity index (χ0) is 17.4. The monoisotopic (exact) mass is 366 g/mol. The predicted molar refractivity (Wildman–Crippen MR) is 90.1 cm³/mol. The molecular weight excluding hydrogens is 344 g/mol. The van der Waals surface area contributed by atoms with Gasteiger partial charge in [0.25, 0.3) is 0 Å². The van der Waals surface area contributed by atoms with Crippen LogP contribution in [-0.2, 0) is 14.8 Å². The van der Waals surface area contributed by atoms with Gasteiger partial charge in [0.1, 0.15) is 13.2 Å². The van der Waals surface area contributed by atoms with Crippen LogP contribution < -0.4 is 9.47 Å². The summed E-state index contributed by atoms with van der Waals surface area (Å²) in [5.74, 6) is 1.17. The zero-order valence-corrected chi connectivity index (χ0v) is 14.8. The van der Waals surface area contributed by atoms with Crippen molar-refractivity contribution < 1.29 is 22.7 Å². The fourth-order valence-electron chi connectivity index (χ4n) is 3.47. The first-order valence-corrected chi connectivity index (χ1v) is 10.2. The first-order valence-electron chi connectivity index (χ1n) is 8.74. The normalized spacial score (nSPS) is 21.7. The number of ether oxygens (including phenoxy) is 2. The van der Waals surface area contributed by atoms with Crippen molar-refractivity contribution in [2.75, 3.05) is 39.4 Å². The number of carbonyl (C=O) groups is 1. The molecular formula is C17H22N2O5S. The molecule has 1 amide bonds. The maximum atomic E-state index is 12.9. The second kappa shape index (κ2) is 6.49. The van der Waals surface area contributed by atoms with Gasteiger partial charge in [-0.3, -0.25) is 4.79 Å². The van der Waals surface area contributed by atoms with Gasteiger partial charge in [0, 0.05) is 38.2 Å². The lowest BCUT2D eigenvalue weighted by atomic mass is 9.95. The van der Waals surface area contributed by atoms with E-state index in [2.05, 4.69) is 0 Å². The van der Waals surface area contributed by atoms with E-state index < -0.39 is 10.0 Å². The van der Waals surface area contributed by atoms with Crippen LogP contribution in [0.5, 0.6) is 11.5 Å². The lowest BCUT2D eigenvalue weighted by Crippen LogP contribution is -2.48. The molecule has 1 aromatic rings. The SMILES string of the molecule is O=C(C1CCN(S(=O)(=O)c2ccc3c(c2)OCCO3)CC1)N1CCC1. The molecule has 8 heteroatoms. The van der Waals surface area contributed by atoms with E-state index >= 15 is 0 Å². The lowest BCUT2D eigenvalue weighted by molar-refractivity contribution is -0.140. The second-order valence-electron chi connectivity index (χ2n) is 6.66. The topological polar surface area (TPSA) is 76.2 Å². The molecule has 0 unspecified atom stereocenters. The molecule has 4 rings (SSSR count). The Labute approximate surface area is 147 Å². The molecule has 0 N–H and O–H groups in total. The average Bonchev–Trinajstić information content (AvgIpc) is 2.60. The largest absolute Gasteiger partial charge is 0.486 e. The van der Waals surface area contributed by atoms with Gasteiger partial charge in [0.2, 0.25) is 15.9 Å². The molecule has 2 fully saturated rings. The Morgan fingerprint density at radius 1 is 1.00 bits per heavy atom. The molecule has 3 heterocycles. The number of hydrogen-bond donors (Lipinski definition) is 0. The summed E-state index contributed by atoms with van der Waals surface area (Å²) in [4.78, 5) is 14.4. The third-order valence-electron chi connectivity index (χ3n) is 5.12. The molecule has 3 aliphatic rings. The molecule has 25 heavy (non-hydrogen) atoms. The summed E-state index contributed by atoms with van der Waals surface area (Å²) in [7, 11) is -3.58. The van der Waals surface area contributed by atoms with Crippen molar-refractivity contribution >= 4 is 15.9 Å². The van der Waals surface area contributed by atoms with Gasteiger partial charge in [-0.25, -0.2) is 8.42 Å². The van der Waals surface area contributed by atoms with Crippen molar-refractivity contribution in [1.29, 1.82) is 0 Å². The molecule has 7 nitrogen and oxygen atoms in total. The number of hydrogen-bond acceptors (Lipinski definition) is 5. The highest BCUT2D eigenvalue weighted by Crippen LogP contribution is 2.34. The van der Waals surface area contributed by atoms with Gasteiger partial charge in [-0.05, 0) is 31.4 Å². The Morgan fingerprint density at radius 2 is 1.68 bits per heavy atom. The molecule has 0 bridgehead atoms. The van der Waals surface area contributed by atoms with E-state index in [9.17, 15) is 13.2 Å². The van der Waals surface area contributed by atoms with Crippen LogP contribution in [0.2, 0.25) is 0 Å². The van der Waals surface area contributed by atoms with Gasteiger partial charge in [0.15, 0.2) is 11.5 Å². The minimum absolute atomic E-state index is 0.0491. The molecule has 0 spiro atoms. The van der Waals surface area contributed by atoms with Crippen molar-refractivity contribution in [1.82, 2.24) is 9.21 Å². The van der Waals surface area contributed by atoms with E-state index in [1.54, 1.807) is 12.1 Å².